The van der Waals surface area contributed by atoms with Gasteiger partial charge in [0.2, 0.25) is 0 Å². The molecule has 3 aromatic carbocycles. The molecule has 0 bridgehead atoms. The van der Waals surface area contributed by atoms with Crippen molar-refractivity contribution in [2.24, 2.45) is 0 Å². The van der Waals surface area contributed by atoms with Gasteiger partial charge in [-0.15, -0.1) is 0 Å². The van der Waals surface area contributed by atoms with Crippen LogP contribution >= 0.6 is 11.6 Å². The minimum atomic E-state index is -1.16. The van der Waals surface area contributed by atoms with Crippen LogP contribution < -0.4 is 4.74 Å². The van der Waals surface area contributed by atoms with Crippen molar-refractivity contribution < 1.29 is 9.84 Å². The minimum Gasteiger partial charge on any atom is -0.492 e. The van der Waals surface area contributed by atoms with Crippen LogP contribution in [0.3, 0.4) is 0 Å². The summed E-state index contributed by atoms with van der Waals surface area (Å²) in [6.45, 7) is 6.14. The smallest absolute Gasteiger partial charge is 0.119 e. The van der Waals surface area contributed by atoms with E-state index in [1.54, 1.807) is 0 Å². The Labute approximate surface area is 239 Å². The van der Waals surface area contributed by atoms with Crippen molar-refractivity contribution in [2.45, 2.75) is 69.6 Å². The molecule has 2 aliphatic heterocycles. The molecule has 3 atom stereocenters. The Morgan fingerprint density at radius 3 is 2.18 bits per heavy atom. The highest BCUT2D eigenvalue weighted by atomic mass is 35.5. The lowest BCUT2D eigenvalue weighted by Crippen LogP contribution is -2.44. The zero-order valence-electron chi connectivity index (χ0n) is 23.5. The van der Waals surface area contributed by atoms with Gasteiger partial charge in [-0.1, -0.05) is 72.1 Å². The van der Waals surface area contributed by atoms with E-state index in [0.717, 1.165) is 35.0 Å². The van der Waals surface area contributed by atoms with Crippen LogP contribution in [0.2, 0.25) is 5.02 Å². The van der Waals surface area contributed by atoms with E-state index in [9.17, 15) is 5.11 Å². The van der Waals surface area contributed by atoms with Gasteiger partial charge in [0, 0.05) is 30.1 Å². The maximum atomic E-state index is 12.1. The highest BCUT2D eigenvalue weighted by Gasteiger charge is 2.32. The number of ether oxygens (including phenoxy) is 1. The quantitative estimate of drug-likeness (QED) is 0.302. The van der Waals surface area contributed by atoms with Gasteiger partial charge in [0.25, 0.3) is 0 Å². The Kier molecular flexibility index (Phi) is 9.29. The summed E-state index contributed by atoms with van der Waals surface area (Å²) in [5.41, 5.74) is 2.77. The van der Waals surface area contributed by atoms with Crippen molar-refractivity contribution in [3.8, 4) is 5.75 Å². The average Bonchev–Trinajstić information content (AvgIpc) is 3.35. The van der Waals surface area contributed by atoms with Gasteiger partial charge in [-0.3, -0.25) is 4.90 Å². The van der Waals surface area contributed by atoms with Crippen LogP contribution in [0, 0.1) is 6.92 Å². The van der Waals surface area contributed by atoms with Crippen LogP contribution in [0.1, 0.15) is 60.8 Å². The molecular formula is C34H43ClN2O2. The fourth-order valence-electron chi connectivity index (χ4n) is 6.42. The molecule has 0 radical (unpaired) electrons. The summed E-state index contributed by atoms with van der Waals surface area (Å²) in [6.07, 6.45) is 8.37. The molecule has 0 spiro atoms. The Bertz CT molecular complexity index is 1180. The van der Waals surface area contributed by atoms with E-state index in [1.807, 2.05) is 60.7 Å². The number of rotatable bonds is 10. The Morgan fingerprint density at radius 2 is 1.51 bits per heavy atom. The van der Waals surface area contributed by atoms with Gasteiger partial charge in [0.1, 0.15) is 18.0 Å². The van der Waals surface area contributed by atoms with Gasteiger partial charge >= 0.3 is 0 Å². The van der Waals surface area contributed by atoms with Crippen molar-refractivity contribution in [1.29, 1.82) is 0 Å². The number of aryl methyl sites for hydroxylation is 1. The first-order valence-electron chi connectivity index (χ1n) is 14.6. The molecule has 0 saturated carbocycles. The second-order valence-electron chi connectivity index (χ2n) is 11.6. The van der Waals surface area contributed by atoms with Crippen LogP contribution in [-0.4, -0.2) is 60.3 Å². The molecule has 0 amide bonds. The molecule has 5 rings (SSSR count). The molecule has 4 nitrogen and oxygen atoms in total. The first-order valence-corrected chi connectivity index (χ1v) is 15.0. The van der Waals surface area contributed by atoms with E-state index in [-0.39, 0.29) is 0 Å². The maximum Gasteiger partial charge on any atom is 0.119 e. The summed E-state index contributed by atoms with van der Waals surface area (Å²) in [7, 11) is 2.28. The van der Waals surface area contributed by atoms with Gasteiger partial charge in [-0.05, 0) is 100 Å². The van der Waals surface area contributed by atoms with E-state index in [4.69, 9.17) is 16.3 Å². The van der Waals surface area contributed by atoms with Crippen molar-refractivity contribution in [1.82, 2.24) is 9.80 Å². The molecule has 208 valence electrons. The zero-order valence-corrected chi connectivity index (χ0v) is 24.2. The van der Waals surface area contributed by atoms with Gasteiger partial charge < -0.3 is 14.7 Å². The van der Waals surface area contributed by atoms with Crippen LogP contribution in [0.15, 0.2) is 72.8 Å². The van der Waals surface area contributed by atoms with E-state index < -0.39 is 5.60 Å². The van der Waals surface area contributed by atoms with Crippen molar-refractivity contribution in [3.05, 3.63) is 100 Å². The Hall–Kier alpha value is -2.37. The van der Waals surface area contributed by atoms with Gasteiger partial charge in [0.15, 0.2) is 0 Å². The number of benzene rings is 3. The second-order valence-corrected chi connectivity index (χ2v) is 12.0. The molecule has 2 heterocycles. The van der Waals surface area contributed by atoms with Gasteiger partial charge in [0.05, 0.1) is 0 Å². The van der Waals surface area contributed by atoms with Gasteiger partial charge in [-0.25, -0.2) is 0 Å². The lowest BCUT2D eigenvalue weighted by atomic mass is 9.81. The number of hydrogen-bond donors (Lipinski definition) is 1. The molecule has 2 saturated heterocycles. The molecule has 2 unspecified atom stereocenters. The molecule has 1 N–H and O–H groups in total. The number of nitrogens with zero attached hydrogens (tertiary/aromatic N) is 2. The fraction of sp³-hybridized carbons (Fsp3) is 0.471. The summed E-state index contributed by atoms with van der Waals surface area (Å²) < 4.78 is 6.22. The highest BCUT2D eigenvalue weighted by Crippen LogP contribution is 2.35. The van der Waals surface area contributed by atoms with Crippen LogP contribution in [0.25, 0.3) is 0 Å². The predicted octanol–water partition coefficient (Wildman–Crippen LogP) is 6.84. The number of halogens is 1. The first kappa shape index (κ1) is 28.2. The van der Waals surface area contributed by atoms with Crippen molar-refractivity contribution in [2.75, 3.05) is 33.3 Å². The monoisotopic (exact) mass is 546 g/mol. The van der Waals surface area contributed by atoms with Crippen molar-refractivity contribution >= 4 is 11.6 Å². The molecule has 39 heavy (non-hydrogen) atoms. The van der Waals surface area contributed by atoms with Gasteiger partial charge in [-0.2, -0.15) is 0 Å². The average molecular weight is 547 g/mol. The normalized spacial score (nSPS) is 22.1. The number of piperidine rings is 1. The first-order chi connectivity index (χ1) is 18.9. The fourth-order valence-corrected chi connectivity index (χ4v) is 6.54. The third-order valence-electron chi connectivity index (χ3n) is 8.85. The SMILES string of the molecule is Cc1ccc(C(O)(Cc2ccc(Cl)cc2)c2ccc(OCCN3CCCCC3C[C@@H]3CCCN3C)cc2)cc1. The third-order valence-corrected chi connectivity index (χ3v) is 9.10. The van der Waals surface area contributed by atoms with E-state index in [1.165, 1.54) is 57.2 Å². The third kappa shape index (κ3) is 7.05. The standard InChI is InChI=1S/C34H43ClN2O2/c1-26-8-12-28(13-9-26)34(38,25-27-10-16-30(35)17-11-27)29-14-18-33(19-15-29)39-23-22-37-21-4-3-6-32(37)24-31-7-5-20-36(31)2/h8-19,31-32,38H,3-7,20-25H2,1-2H3/t31-,32?,34?/m0/s1. The topological polar surface area (TPSA) is 35.9 Å². The maximum absolute atomic E-state index is 12.1. The predicted molar refractivity (Wildman–Crippen MR) is 161 cm³/mol. The van der Waals surface area contributed by atoms with Crippen LogP contribution in [-0.2, 0) is 12.0 Å². The zero-order chi connectivity index (χ0) is 27.2. The molecule has 0 aromatic heterocycles. The lowest BCUT2D eigenvalue weighted by Gasteiger charge is -2.38. The molecule has 3 aromatic rings. The molecular weight excluding hydrogens is 504 g/mol. The number of likely N-dealkylation sites (tertiary alicyclic amines) is 2. The Balaban J connectivity index is 1.24. The van der Waals surface area contributed by atoms with E-state index >= 15 is 0 Å². The summed E-state index contributed by atoms with van der Waals surface area (Å²) in [5, 5.41) is 12.8. The molecule has 0 aliphatic carbocycles. The second kappa shape index (κ2) is 12.9. The number of hydrogen-bond acceptors (Lipinski definition) is 4. The molecule has 2 aliphatic rings. The number of aliphatic hydroxyl groups is 1. The largest absolute Gasteiger partial charge is 0.492 e. The summed E-state index contributed by atoms with van der Waals surface area (Å²) >= 11 is 6.11. The summed E-state index contributed by atoms with van der Waals surface area (Å²) in [6, 6.07) is 25.3. The molecule has 2 fully saturated rings. The van der Waals surface area contributed by atoms with Crippen LogP contribution in [0.5, 0.6) is 5.75 Å². The van der Waals surface area contributed by atoms with E-state index in [2.05, 4.69) is 35.9 Å². The van der Waals surface area contributed by atoms with Crippen molar-refractivity contribution in [3.63, 3.8) is 0 Å². The molecule has 5 heteroatoms. The highest BCUT2D eigenvalue weighted by molar-refractivity contribution is 6.30. The Morgan fingerprint density at radius 1 is 0.846 bits per heavy atom. The minimum absolute atomic E-state index is 0.458. The summed E-state index contributed by atoms with van der Waals surface area (Å²) in [5.74, 6) is 0.848. The summed E-state index contributed by atoms with van der Waals surface area (Å²) in [4.78, 5) is 5.21. The van der Waals surface area contributed by atoms with Crippen LogP contribution in [0.4, 0.5) is 0 Å². The van der Waals surface area contributed by atoms with E-state index in [0.29, 0.717) is 24.1 Å². The lowest BCUT2D eigenvalue weighted by molar-refractivity contribution is 0.0809.